The van der Waals surface area contributed by atoms with E-state index in [1.807, 2.05) is 6.07 Å². The van der Waals surface area contributed by atoms with Crippen molar-refractivity contribution >= 4 is 11.6 Å². The van der Waals surface area contributed by atoms with Gasteiger partial charge in [-0.25, -0.2) is 4.98 Å². The Bertz CT molecular complexity index is 376. The van der Waals surface area contributed by atoms with Crippen molar-refractivity contribution in [1.29, 1.82) is 0 Å². The summed E-state index contributed by atoms with van der Waals surface area (Å²) < 4.78 is 5.77. The summed E-state index contributed by atoms with van der Waals surface area (Å²) in [5, 5.41) is 0.610. The molecule has 0 aliphatic heterocycles. The molecule has 1 fully saturated rings. The molecule has 0 atom stereocenters. The molecule has 0 bridgehead atoms. The molecular formula is C14H21ClN2O. The van der Waals surface area contributed by atoms with E-state index in [-0.39, 0.29) is 0 Å². The third kappa shape index (κ3) is 3.85. The first-order valence-electron chi connectivity index (χ1n) is 6.77. The van der Waals surface area contributed by atoms with Gasteiger partial charge in [-0.15, -0.1) is 0 Å². The molecule has 0 amide bonds. The maximum absolute atomic E-state index is 5.97. The van der Waals surface area contributed by atoms with Crippen LogP contribution in [0.2, 0.25) is 5.02 Å². The third-order valence-corrected chi connectivity index (χ3v) is 3.91. The molecule has 1 saturated carbocycles. The van der Waals surface area contributed by atoms with Crippen molar-refractivity contribution in [3.05, 3.63) is 22.8 Å². The van der Waals surface area contributed by atoms with Crippen molar-refractivity contribution in [2.75, 3.05) is 6.61 Å². The van der Waals surface area contributed by atoms with E-state index >= 15 is 0 Å². The molecule has 3 nitrogen and oxygen atoms in total. The highest BCUT2D eigenvalue weighted by atomic mass is 35.5. The second-order valence-corrected chi connectivity index (χ2v) is 5.39. The lowest BCUT2D eigenvalue weighted by Crippen LogP contribution is -2.12. The van der Waals surface area contributed by atoms with E-state index in [1.54, 1.807) is 6.20 Å². The summed E-state index contributed by atoms with van der Waals surface area (Å²) >= 11 is 5.97. The third-order valence-electron chi connectivity index (χ3n) is 3.57. The largest absolute Gasteiger partial charge is 0.477 e. The number of rotatable bonds is 4. The average molecular weight is 269 g/mol. The molecule has 1 aromatic heterocycles. The van der Waals surface area contributed by atoms with Crippen molar-refractivity contribution in [3.8, 4) is 5.88 Å². The van der Waals surface area contributed by atoms with Crippen LogP contribution in [0.15, 0.2) is 12.3 Å². The molecule has 0 spiro atoms. The van der Waals surface area contributed by atoms with E-state index in [2.05, 4.69) is 4.98 Å². The van der Waals surface area contributed by atoms with Crippen LogP contribution in [0.1, 0.15) is 44.1 Å². The van der Waals surface area contributed by atoms with E-state index in [1.165, 1.54) is 38.5 Å². The monoisotopic (exact) mass is 268 g/mol. The van der Waals surface area contributed by atoms with E-state index < -0.39 is 0 Å². The summed E-state index contributed by atoms with van der Waals surface area (Å²) in [7, 11) is 0. The summed E-state index contributed by atoms with van der Waals surface area (Å²) in [5.41, 5.74) is 6.50. The van der Waals surface area contributed by atoms with Crippen LogP contribution in [-0.2, 0) is 6.54 Å². The zero-order valence-electron chi connectivity index (χ0n) is 10.7. The van der Waals surface area contributed by atoms with E-state index in [0.717, 1.165) is 12.2 Å². The minimum absolute atomic E-state index is 0.418. The van der Waals surface area contributed by atoms with E-state index in [0.29, 0.717) is 23.4 Å². The zero-order chi connectivity index (χ0) is 12.8. The van der Waals surface area contributed by atoms with Gasteiger partial charge in [-0.2, -0.15) is 0 Å². The van der Waals surface area contributed by atoms with Crippen LogP contribution in [0, 0.1) is 5.92 Å². The Morgan fingerprint density at radius 3 is 2.67 bits per heavy atom. The minimum atomic E-state index is 0.418. The van der Waals surface area contributed by atoms with Gasteiger partial charge >= 0.3 is 0 Å². The number of hydrogen-bond donors (Lipinski definition) is 1. The average Bonchev–Trinajstić information content (AvgIpc) is 2.66. The zero-order valence-corrected chi connectivity index (χ0v) is 11.5. The fourth-order valence-corrected chi connectivity index (χ4v) is 2.61. The predicted molar refractivity (Wildman–Crippen MR) is 73.8 cm³/mol. The minimum Gasteiger partial charge on any atom is -0.477 e. The van der Waals surface area contributed by atoms with Gasteiger partial charge in [-0.05, 0) is 24.3 Å². The summed E-state index contributed by atoms with van der Waals surface area (Å²) in [5.74, 6) is 1.32. The van der Waals surface area contributed by atoms with Crippen molar-refractivity contribution in [2.24, 2.45) is 11.7 Å². The molecule has 0 saturated heterocycles. The van der Waals surface area contributed by atoms with Crippen LogP contribution in [-0.4, -0.2) is 11.6 Å². The van der Waals surface area contributed by atoms with Gasteiger partial charge in [0.05, 0.1) is 11.6 Å². The first-order chi connectivity index (χ1) is 8.79. The highest BCUT2D eigenvalue weighted by Crippen LogP contribution is 2.24. The molecule has 1 aliphatic carbocycles. The smallest absolute Gasteiger partial charge is 0.213 e. The lowest BCUT2D eigenvalue weighted by Gasteiger charge is -2.15. The molecule has 2 N–H and O–H groups in total. The molecule has 0 unspecified atom stereocenters. The number of hydrogen-bond acceptors (Lipinski definition) is 3. The Labute approximate surface area is 114 Å². The molecule has 0 radical (unpaired) electrons. The normalized spacial score (nSPS) is 17.4. The lowest BCUT2D eigenvalue weighted by molar-refractivity contribution is 0.226. The van der Waals surface area contributed by atoms with Gasteiger partial charge < -0.3 is 10.5 Å². The standard InChI is InChI=1S/C14H21ClN2O/c15-13-9-17-14(7-12(13)8-16)18-10-11-5-3-1-2-4-6-11/h7,9,11H,1-6,8,10,16H2. The first-order valence-corrected chi connectivity index (χ1v) is 7.14. The van der Waals surface area contributed by atoms with E-state index in [4.69, 9.17) is 22.1 Å². The van der Waals surface area contributed by atoms with Gasteiger partial charge in [0.15, 0.2) is 0 Å². The highest BCUT2D eigenvalue weighted by Gasteiger charge is 2.13. The lowest BCUT2D eigenvalue weighted by atomic mass is 10.0. The van der Waals surface area contributed by atoms with Gasteiger partial charge in [-0.3, -0.25) is 0 Å². The number of halogens is 1. The fourth-order valence-electron chi connectivity index (χ4n) is 2.43. The topological polar surface area (TPSA) is 48.1 Å². The quantitative estimate of drug-likeness (QED) is 0.850. The van der Waals surface area contributed by atoms with Crippen LogP contribution in [0.5, 0.6) is 5.88 Å². The molecular weight excluding hydrogens is 248 g/mol. The molecule has 1 aromatic rings. The number of nitrogens with zero attached hydrogens (tertiary/aromatic N) is 1. The molecule has 18 heavy (non-hydrogen) atoms. The number of nitrogens with two attached hydrogens (primary N) is 1. The molecule has 100 valence electrons. The molecule has 1 heterocycles. The maximum atomic E-state index is 5.97. The summed E-state index contributed by atoms with van der Waals surface area (Å²) in [6.45, 7) is 1.18. The van der Waals surface area contributed by atoms with Gasteiger partial charge in [0.25, 0.3) is 0 Å². The number of aromatic nitrogens is 1. The molecule has 2 rings (SSSR count). The van der Waals surface area contributed by atoms with Crippen LogP contribution in [0.4, 0.5) is 0 Å². The van der Waals surface area contributed by atoms with Crippen molar-refractivity contribution in [1.82, 2.24) is 4.98 Å². The summed E-state index contributed by atoms with van der Waals surface area (Å²) in [6.07, 6.45) is 9.56. The van der Waals surface area contributed by atoms with Crippen molar-refractivity contribution in [3.63, 3.8) is 0 Å². The highest BCUT2D eigenvalue weighted by molar-refractivity contribution is 6.31. The van der Waals surface area contributed by atoms with Gasteiger partial charge in [0.1, 0.15) is 0 Å². The molecule has 4 heteroatoms. The van der Waals surface area contributed by atoms with Crippen LogP contribution in [0.25, 0.3) is 0 Å². The molecule has 0 aromatic carbocycles. The van der Waals surface area contributed by atoms with Crippen LogP contribution in [0.3, 0.4) is 0 Å². The predicted octanol–water partition coefficient (Wildman–Crippen LogP) is 3.54. The van der Waals surface area contributed by atoms with Gasteiger partial charge in [0.2, 0.25) is 5.88 Å². The van der Waals surface area contributed by atoms with Gasteiger partial charge in [-0.1, -0.05) is 37.3 Å². The molecule has 1 aliphatic rings. The SMILES string of the molecule is NCc1cc(OCC2CCCCCC2)ncc1Cl. The Hall–Kier alpha value is -0.800. The first kappa shape index (κ1) is 13.6. The van der Waals surface area contributed by atoms with E-state index in [9.17, 15) is 0 Å². The summed E-state index contributed by atoms with van der Waals surface area (Å²) in [4.78, 5) is 4.18. The van der Waals surface area contributed by atoms with Crippen molar-refractivity contribution in [2.45, 2.75) is 45.1 Å². The van der Waals surface area contributed by atoms with Crippen LogP contribution < -0.4 is 10.5 Å². The fraction of sp³-hybridized carbons (Fsp3) is 0.643. The Morgan fingerprint density at radius 2 is 2.00 bits per heavy atom. The Balaban J connectivity index is 1.88. The second-order valence-electron chi connectivity index (χ2n) is 4.99. The Morgan fingerprint density at radius 1 is 1.28 bits per heavy atom. The van der Waals surface area contributed by atoms with Crippen LogP contribution >= 0.6 is 11.6 Å². The van der Waals surface area contributed by atoms with Gasteiger partial charge in [0, 0.05) is 18.8 Å². The number of pyridine rings is 1. The van der Waals surface area contributed by atoms with Crippen molar-refractivity contribution < 1.29 is 4.74 Å². The summed E-state index contributed by atoms with van der Waals surface area (Å²) in [6, 6.07) is 1.85. The maximum Gasteiger partial charge on any atom is 0.213 e. The second kappa shape index (κ2) is 6.95. The Kier molecular flexibility index (Phi) is 5.26. The number of ether oxygens (including phenoxy) is 1.